The molecule has 19 heavy (non-hydrogen) atoms. The molecule has 4 nitrogen and oxygen atoms in total. The fraction of sp³-hybridized carbons (Fsp3) is 0.600. The van der Waals surface area contributed by atoms with Gasteiger partial charge >= 0.3 is 11.9 Å². The summed E-state index contributed by atoms with van der Waals surface area (Å²) in [5.41, 5.74) is 0.555. The summed E-state index contributed by atoms with van der Waals surface area (Å²) in [7, 11) is 0. The van der Waals surface area contributed by atoms with E-state index in [0.29, 0.717) is 12.8 Å². The van der Waals surface area contributed by atoms with E-state index in [2.05, 4.69) is 6.92 Å². The van der Waals surface area contributed by atoms with Gasteiger partial charge in [-0.05, 0) is 25.7 Å². The molecular formula is C15H24O4. The number of hydrogen-bond acceptors (Lipinski definition) is 2. The predicted octanol–water partition coefficient (Wildman–Crippen LogP) is 3.78. The average molecular weight is 268 g/mol. The normalized spacial score (nSPS) is 12.5. The zero-order valence-corrected chi connectivity index (χ0v) is 11.8. The molecule has 0 saturated carbocycles. The fourth-order valence-electron chi connectivity index (χ4n) is 1.66. The first kappa shape index (κ1) is 17.4. The Hall–Kier alpha value is -1.58. The van der Waals surface area contributed by atoms with Crippen LogP contribution in [0.2, 0.25) is 0 Å². The third-order valence-electron chi connectivity index (χ3n) is 2.88. The van der Waals surface area contributed by atoms with Crippen LogP contribution in [0.5, 0.6) is 0 Å². The van der Waals surface area contributed by atoms with Crippen LogP contribution in [0, 0.1) is 0 Å². The number of hydrogen-bond donors (Lipinski definition) is 2. The van der Waals surface area contributed by atoms with Crippen molar-refractivity contribution >= 4 is 11.9 Å². The van der Waals surface area contributed by atoms with Gasteiger partial charge in [-0.25, -0.2) is 9.59 Å². The van der Waals surface area contributed by atoms with Crippen LogP contribution in [0.1, 0.15) is 58.8 Å². The van der Waals surface area contributed by atoms with Crippen LogP contribution in [0.3, 0.4) is 0 Å². The van der Waals surface area contributed by atoms with Crippen LogP contribution >= 0.6 is 0 Å². The van der Waals surface area contributed by atoms with Gasteiger partial charge in [-0.1, -0.05) is 45.3 Å². The van der Waals surface area contributed by atoms with Crippen LogP contribution in [0.25, 0.3) is 0 Å². The number of unbranched alkanes of at least 4 members (excludes halogenated alkanes) is 3. The van der Waals surface area contributed by atoms with Gasteiger partial charge in [0, 0.05) is 11.1 Å². The molecule has 0 saturated heterocycles. The lowest BCUT2D eigenvalue weighted by Gasteiger charge is -2.02. The van der Waals surface area contributed by atoms with Crippen LogP contribution < -0.4 is 0 Å². The molecule has 4 heteroatoms. The van der Waals surface area contributed by atoms with E-state index in [1.54, 1.807) is 0 Å². The van der Waals surface area contributed by atoms with Gasteiger partial charge in [0.05, 0.1) is 0 Å². The summed E-state index contributed by atoms with van der Waals surface area (Å²) in [6.07, 6.45) is 8.38. The smallest absolute Gasteiger partial charge is 0.331 e. The molecule has 0 atom stereocenters. The van der Waals surface area contributed by atoms with Crippen molar-refractivity contribution in [3.05, 3.63) is 23.3 Å². The summed E-state index contributed by atoms with van der Waals surface area (Å²) in [5, 5.41) is 18.1. The first-order valence-corrected chi connectivity index (χ1v) is 6.89. The number of aliphatic carboxylic acids is 2. The second kappa shape index (κ2) is 10.4. The highest BCUT2D eigenvalue weighted by molar-refractivity contribution is 5.89. The van der Waals surface area contributed by atoms with E-state index < -0.39 is 11.9 Å². The van der Waals surface area contributed by atoms with Crippen molar-refractivity contribution in [2.24, 2.45) is 0 Å². The van der Waals surface area contributed by atoms with Crippen molar-refractivity contribution in [3.63, 3.8) is 0 Å². The number of allylic oxidation sites excluding steroid dienone is 2. The van der Waals surface area contributed by atoms with Gasteiger partial charge in [-0.2, -0.15) is 0 Å². The Morgan fingerprint density at radius 3 is 1.58 bits per heavy atom. The zero-order valence-electron chi connectivity index (χ0n) is 11.8. The molecule has 0 aliphatic rings. The Balaban J connectivity index is 4.77. The minimum absolute atomic E-state index is 0.274. The quantitative estimate of drug-likeness (QED) is 0.359. The van der Waals surface area contributed by atoms with Gasteiger partial charge in [-0.3, -0.25) is 0 Å². The first-order valence-electron chi connectivity index (χ1n) is 6.89. The molecule has 0 fully saturated rings. The topological polar surface area (TPSA) is 74.6 Å². The van der Waals surface area contributed by atoms with Crippen LogP contribution in [0.4, 0.5) is 0 Å². The summed E-state index contributed by atoms with van der Waals surface area (Å²) in [5.74, 6) is -1.93. The Morgan fingerprint density at radius 2 is 1.21 bits per heavy atom. The van der Waals surface area contributed by atoms with Gasteiger partial charge in [0.25, 0.3) is 0 Å². The van der Waals surface area contributed by atoms with Gasteiger partial charge in [0.2, 0.25) is 0 Å². The molecular weight excluding hydrogens is 244 g/mol. The lowest BCUT2D eigenvalue weighted by Crippen LogP contribution is -2.03. The maximum Gasteiger partial charge on any atom is 0.331 e. The van der Waals surface area contributed by atoms with Crippen LogP contribution in [0.15, 0.2) is 23.3 Å². The van der Waals surface area contributed by atoms with Crippen LogP contribution in [-0.4, -0.2) is 22.2 Å². The summed E-state index contributed by atoms with van der Waals surface area (Å²) in [6, 6.07) is 0. The number of carbonyl (C=O) groups is 2. The third kappa shape index (κ3) is 8.19. The van der Waals surface area contributed by atoms with Crippen molar-refractivity contribution in [1.82, 2.24) is 0 Å². The average Bonchev–Trinajstić information content (AvgIpc) is 2.35. The van der Waals surface area contributed by atoms with Crippen molar-refractivity contribution in [2.45, 2.75) is 58.8 Å². The molecule has 0 aromatic rings. The highest BCUT2D eigenvalue weighted by Gasteiger charge is 2.08. The summed E-state index contributed by atoms with van der Waals surface area (Å²) in [6.45, 7) is 4.04. The Labute approximate surface area is 114 Å². The fourth-order valence-corrected chi connectivity index (χ4v) is 1.66. The molecule has 0 heterocycles. The largest absolute Gasteiger partial charge is 0.478 e. The van der Waals surface area contributed by atoms with Crippen LogP contribution in [-0.2, 0) is 9.59 Å². The Bertz CT molecular complexity index is 353. The van der Waals surface area contributed by atoms with E-state index in [4.69, 9.17) is 10.2 Å². The maximum absolute atomic E-state index is 11.0. The highest BCUT2D eigenvalue weighted by Crippen LogP contribution is 2.12. The van der Waals surface area contributed by atoms with Crippen molar-refractivity contribution < 1.29 is 19.8 Å². The van der Waals surface area contributed by atoms with E-state index in [1.807, 2.05) is 6.92 Å². The lowest BCUT2D eigenvalue weighted by atomic mass is 10.0. The second-order valence-electron chi connectivity index (χ2n) is 4.55. The van der Waals surface area contributed by atoms with Crippen molar-refractivity contribution in [1.29, 1.82) is 0 Å². The SMILES string of the molecule is CCCCCC(=CC=C(CCCC)C(=O)O)C(=O)O. The Kier molecular flexibility index (Phi) is 9.49. The van der Waals surface area contributed by atoms with Crippen molar-refractivity contribution in [2.75, 3.05) is 0 Å². The summed E-state index contributed by atoms with van der Waals surface area (Å²) < 4.78 is 0. The van der Waals surface area contributed by atoms with E-state index in [-0.39, 0.29) is 11.1 Å². The predicted molar refractivity (Wildman–Crippen MR) is 75.1 cm³/mol. The van der Waals surface area contributed by atoms with Gasteiger partial charge in [0.1, 0.15) is 0 Å². The number of rotatable bonds is 10. The molecule has 0 amide bonds. The summed E-state index contributed by atoms with van der Waals surface area (Å²) >= 11 is 0. The maximum atomic E-state index is 11.0. The molecule has 0 bridgehead atoms. The summed E-state index contributed by atoms with van der Waals surface area (Å²) in [4.78, 5) is 22.0. The van der Waals surface area contributed by atoms with E-state index in [9.17, 15) is 9.59 Å². The van der Waals surface area contributed by atoms with E-state index >= 15 is 0 Å². The monoisotopic (exact) mass is 268 g/mol. The molecule has 2 N–H and O–H groups in total. The molecule has 0 unspecified atom stereocenters. The minimum atomic E-state index is -0.969. The van der Waals surface area contributed by atoms with Gasteiger partial charge in [0.15, 0.2) is 0 Å². The molecule has 0 aromatic carbocycles. The highest BCUT2D eigenvalue weighted by atomic mass is 16.4. The molecule has 0 rings (SSSR count). The van der Waals surface area contributed by atoms with E-state index in [0.717, 1.165) is 32.1 Å². The second-order valence-corrected chi connectivity index (χ2v) is 4.55. The molecule has 0 spiro atoms. The molecule has 108 valence electrons. The molecule has 0 aromatic heterocycles. The van der Waals surface area contributed by atoms with Gasteiger partial charge < -0.3 is 10.2 Å². The number of carboxylic acids is 2. The minimum Gasteiger partial charge on any atom is -0.478 e. The lowest BCUT2D eigenvalue weighted by molar-refractivity contribution is -0.133. The number of carboxylic acid groups (broad SMARTS) is 2. The molecule has 0 aliphatic carbocycles. The Morgan fingerprint density at radius 1 is 0.789 bits per heavy atom. The first-order chi connectivity index (χ1) is 9.02. The molecule has 0 aliphatic heterocycles. The van der Waals surface area contributed by atoms with E-state index in [1.165, 1.54) is 12.2 Å². The third-order valence-corrected chi connectivity index (χ3v) is 2.88. The standard InChI is InChI=1S/C15H24O4/c1-3-5-7-9-13(15(18)19)11-10-12(14(16)17)8-6-4-2/h10-11H,3-9H2,1-2H3,(H,16,17)(H,18,19). The zero-order chi connectivity index (χ0) is 14.7. The van der Waals surface area contributed by atoms with Gasteiger partial charge in [-0.15, -0.1) is 0 Å². The van der Waals surface area contributed by atoms with Crippen molar-refractivity contribution in [3.8, 4) is 0 Å². The molecule has 0 radical (unpaired) electrons.